The first-order valence-electron chi connectivity index (χ1n) is 19.5. The summed E-state index contributed by atoms with van der Waals surface area (Å²) >= 11 is 0. The minimum Gasteiger partial charge on any atom is -0.0763 e. The van der Waals surface area contributed by atoms with Crippen LogP contribution in [0, 0.1) is 16.2 Å². The minimum atomic E-state index is -0.0922. The zero-order valence-electron chi connectivity index (χ0n) is 32.4. The highest BCUT2D eigenvalue weighted by atomic mass is 14.5. The van der Waals surface area contributed by atoms with Gasteiger partial charge in [-0.15, -0.1) is 0 Å². The molecule has 9 rings (SSSR count). The van der Waals surface area contributed by atoms with Gasteiger partial charge in [0.1, 0.15) is 0 Å². The summed E-state index contributed by atoms with van der Waals surface area (Å²) in [4.78, 5) is 0. The monoisotopic (exact) mass is 696 g/mol. The number of fused-ring (bicyclic) bond motifs is 4. The van der Waals surface area contributed by atoms with Gasteiger partial charge in [0, 0.05) is 5.41 Å². The average molecular weight is 697 g/mol. The van der Waals surface area contributed by atoms with Crippen molar-refractivity contribution in [1.29, 1.82) is 0 Å². The molecule has 0 saturated carbocycles. The molecule has 8 aromatic carbocycles. The molecule has 1 aliphatic carbocycles. The van der Waals surface area contributed by atoms with Crippen LogP contribution in [0.25, 0.3) is 82.9 Å². The van der Waals surface area contributed by atoms with E-state index in [0.717, 1.165) is 6.42 Å². The predicted molar refractivity (Wildman–Crippen MR) is 235 cm³/mol. The average Bonchev–Trinajstić information content (AvgIpc) is 3.18. The van der Waals surface area contributed by atoms with E-state index in [1.807, 2.05) is 0 Å². The van der Waals surface area contributed by atoms with Gasteiger partial charge in [0.05, 0.1) is 0 Å². The van der Waals surface area contributed by atoms with E-state index in [1.165, 1.54) is 88.0 Å². The van der Waals surface area contributed by atoms with Crippen molar-refractivity contribution in [2.45, 2.75) is 48.0 Å². The van der Waals surface area contributed by atoms with Crippen molar-refractivity contribution >= 4 is 38.4 Å². The molecule has 0 atom stereocenters. The second-order valence-corrected chi connectivity index (χ2v) is 17.3. The summed E-state index contributed by atoms with van der Waals surface area (Å²) < 4.78 is 0. The van der Waals surface area contributed by atoms with E-state index < -0.39 is 0 Å². The summed E-state index contributed by atoms with van der Waals surface area (Å²) in [6.07, 6.45) is 6.05. The van der Waals surface area contributed by atoms with Crippen LogP contribution in [0.3, 0.4) is 0 Å². The number of benzene rings is 8. The third kappa shape index (κ3) is 5.26. The summed E-state index contributed by atoms with van der Waals surface area (Å²) in [7, 11) is 0. The van der Waals surface area contributed by atoms with Crippen molar-refractivity contribution in [2.24, 2.45) is 16.2 Å². The SMILES string of the molecule is CC(C)(C)C1(C(C)(C)C)C=Cc2c(c(-c3ccccc3-c3cccc4ccccc34)c3ccccc3c2-c2ccccc2-c2cccc3ccccc23)C1. The molecule has 0 unspecified atom stereocenters. The Morgan fingerprint density at radius 3 is 1.24 bits per heavy atom. The summed E-state index contributed by atoms with van der Waals surface area (Å²) in [5.41, 5.74) is 13.1. The first-order valence-corrected chi connectivity index (χ1v) is 19.5. The molecule has 0 heterocycles. The lowest BCUT2D eigenvalue weighted by Crippen LogP contribution is -2.47. The van der Waals surface area contributed by atoms with Crippen molar-refractivity contribution in [2.75, 3.05) is 0 Å². The Bertz CT molecular complexity index is 2730. The first kappa shape index (κ1) is 34.1. The maximum atomic E-state index is 2.59. The molecule has 0 nitrogen and oxygen atoms in total. The van der Waals surface area contributed by atoms with Crippen LogP contribution < -0.4 is 0 Å². The fourth-order valence-electron chi connectivity index (χ4n) is 9.99. The molecule has 0 fully saturated rings. The van der Waals surface area contributed by atoms with Crippen molar-refractivity contribution < 1.29 is 0 Å². The zero-order chi connectivity index (χ0) is 37.2. The van der Waals surface area contributed by atoms with Crippen LogP contribution in [0.4, 0.5) is 0 Å². The number of allylic oxidation sites excluding steroid dienone is 1. The Labute approximate surface area is 320 Å². The van der Waals surface area contributed by atoms with E-state index in [1.54, 1.807) is 0 Å². The molecule has 0 spiro atoms. The summed E-state index contributed by atoms with van der Waals surface area (Å²) in [5.74, 6) is 0. The van der Waals surface area contributed by atoms with Crippen LogP contribution in [0.2, 0.25) is 0 Å². The molecular weight excluding hydrogens is 649 g/mol. The van der Waals surface area contributed by atoms with Crippen molar-refractivity contribution in [3.8, 4) is 44.5 Å². The molecule has 0 radical (unpaired) electrons. The van der Waals surface area contributed by atoms with E-state index in [-0.39, 0.29) is 16.2 Å². The molecule has 0 heteroatoms. The van der Waals surface area contributed by atoms with Crippen molar-refractivity contribution in [3.63, 3.8) is 0 Å². The number of hydrogen-bond donors (Lipinski definition) is 0. The van der Waals surface area contributed by atoms with Crippen molar-refractivity contribution in [1.82, 2.24) is 0 Å². The Kier molecular flexibility index (Phi) is 8.02. The highest BCUT2D eigenvalue weighted by molar-refractivity contribution is 6.15. The van der Waals surface area contributed by atoms with Crippen LogP contribution in [-0.2, 0) is 6.42 Å². The Morgan fingerprint density at radius 1 is 0.370 bits per heavy atom. The van der Waals surface area contributed by atoms with E-state index >= 15 is 0 Å². The lowest BCUT2D eigenvalue weighted by atomic mass is 9.50. The fraction of sp³-hybridized carbons (Fsp3) is 0.185. The maximum absolute atomic E-state index is 2.59. The van der Waals surface area contributed by atoms with Crippen LogP contribution in [0.5, 0.6) is 0 Å². The van der Waals surface area contributed by atoms with Gasteiger partial charge in [-0.05, 0) is 105 Å². The normalized spacial score (nSPS) is 14.1. The van der Waals surface area contributed by atoms with E-state index in [9.17, 15) is 0 Å². The van der Waals surface area contributed by atoms with Crippen LogP contribution in [0.1, 0.15) is 52.7 Å². The highest BCUT2D eigenvalue weighted by Gasteiger charge is 2.50. The molecule has 0 saturated heterocycles. The molecule has 0 aromatic heterocycles. The van der Waals surface area contributed by atoms with Gasteiger partial charge in [-0.1, -0.05) is 211 Å². The van der Waals surface area contributed by atoms with Crippen LogP contribution in [-0.4, -0.2) is 0 Å². The van der Waals surface area contributed by atoms with Gasteiger partial charge in [-0.3, -0.25) is 0 Å². The lowest BCUT2D eigenvalue weighted by molar-refractivity contribution is 0.0173. The molecule has 8 aromatic rings. The Balaban J connectivity index is 1.42. The molecule has 0 bridgehead atoms. The summed E-state index contributed by atoms with van der Waals surface area (Å²) in [6, 6.07) is 58.5. The second kappa shape index (κ2) is 12.7. The molecule has 54 heavy (non-hydrogen) atoms. The highest BCUT2D eigenvalue weighted by Crippen LogP contribution is 2.60. The van der Waals surface area contributed by atoms with Gasteiger partial charge in [-0.25, -0.2) is 0 Å². The molecular formula is C54H48. The van der Waals surface area contributed by atoms with Gasteiger partial charge >= 0.3 is 0 Å². The Morgan fingerprint density at radius 2 is 0.741 bits per heavy atom. The van der Waals surface area contributed by atoms with Gasteiger partial charge < -0.3 is 0 Å². The largest absolute Gasteiger partial charge is 0.0763 e. The third-order valence-corrected chi connectivity index (χ3v) is 12.6. The molecule has 264 valence electrons. The third-order valence-electron chi connectivity index (χ3n) is 12.6. The minimum absolute atomic E-state index is 0.0124. The summed E-state index contributed by atoms with van der Waals surface area (Å²) in [5, 5.41) is 7.68. The van der Waals surface area contributed by atoms with Gasteiger partial charge in [0.15, 0.2) is 0 Å². The fourth-order valence-corrected chi connectivity index (χ4v) is 9.99. The van der Waals surface area contributed by atoms with E-state index in [2.05, 4.69) is 211 Å². The molecule has 0 aliphatic heterocycles. The maximum Gasteiger partial charge on any atom is 0.00228 e. The van der Waals surface area contributed by atoms with Crippen LogP contribution >= 0.6 is 0 Å². The lowest BCUT2D eigenvalue weighted by Gasteiger charge is -2.54. The smallest absolute Gasteiger partial charge is 0.00228 e. The summed E-state index contributed by atoms with van der Waals surface area (Å²) in [6.45, 7) is 14.6. The Hall–Kier alpha value is -5.72. The quantitative estimate of drug-likeness (QED) is 0.172. The molecule has 1 aliphatic rings. The second-order valence-electron chi connectivity index (χ2n) is 17.3. The topological polar surface area (TPSA) is 0 Å². The number of hydrogen-bond acceptors (Lipinski definition) is 0. The van der Waals surface area contributed by atoms with Gasteiger partial charge in [0.25, 0.3) is 0 Å². The van der Waals surface area contributed by atoms with Gasteiger partial charge in [-0.2, -0.15) is 0 Å². The standard InChI is InChI=1S/C54H48/c1-52(2,3)54(53(4,5)6)34-33-48-49(35-54)51(45-28-14-12-26-43(45)41-32-18-22-37-20-8-10-24-39(37)41)47-30-16-15-29-46(47)50(48)44-27-13-11-25-42(44)40-31-17-21-36-19-7-9-23-38(36)40/h7-34H,35H2,1-6H3. The number of rotatable bonds is 4. The predicted octanol–water partition coefficient (Wildman–Crippen LogP) is 15.5. The van der Waals surface area contributed by atoms with Crippen molar-refractivity contribution in [3.05, 3.63) is 175 Å². The van der Waals surface area contributed by atoms with Gasteiger partial charge in [0.2, 0.25) is 0 Å². The zero-order valence-corrected chi connectivity index (χ0v) is 32.4. The first-order chi connectivity index (χ1) is 26.1. The molecule has 0 amide bonds. The molecule has 0 N–H and O–H groups in total. The van der Waals surface area contributed by atoms with E-state index in [4.69, 9.17) is 0 Å². The van der Waals surface area contributed by atoms with E-state index in [0.29, 0.717) is 0 Å². The van der Waals surface area contributed by atoms with Crippen LogP contribution in [0.15, 0.2) is 164 Å².